The molecule has 0 unspecified atom stereocenters. The van der Waals surface area contributed by atoms with E-state index in [4.69, 9.17) is 23.1 Å². The molecule has 0 heterocycles. The van der Waals surface area contributed by atoms with Crippen molar-refractivity contribution < 1.29 is 17.6 Å². The van der Waals surface area contributed by atoms with E-state index < -0.39 is 21.6 Å². The van der Waals surface area contributed by atoms with Gasteiger partial charge in [0.25, 0.3) is 5.91 Å². The van der Waals surface area contributed by atoms with E-state index in [-0.39, 0.29) is 26.1 Å². The normalized spacial score (nSPS) is 11.4. The molecular formula is C14H12ClFN2O3S. The minimum Gasteiger partial charge on any atom is -0.397 e. The van der Waals surface area contributed by atoms with E-state index in [2.05, 4.69) is 0 Å². The number of sulfone groups is 1. The van der Waals surface area contributed by atoms with Crippen molar-refractivity contribution in [1.82, 2.24) is 0 Å². The zero-order valence-electron chi connectivity index (χ0n) is 11.4. The van der Waals surface area contributed by atoms with Gasteiger partial charge in [0.05, 0.1) is 26.1 Å². The Morgan fingerprint density at radius 1 is 1.23 bits per heavy atom. The van der Waals surface area contributed by atoms with Crippen LogP contribution in [0, 0.1) is 12.7 Å². The van der Waals surface area contributed by atoms with E-state index >= 15 is 0 Å². The third kappa shape index (κ3) is 2.77. The summed E-state index contributed by atoms with van der Waals surface area (Å²) in [5, 5.41) is -0.0561. The third-order valence-electron chi connectivity index (χ3n) is 3.02. The molecule has 2 rings (SSSR count). The number of amides is 1. The Morgan fingerprint density at radius 2 is 1.86 bits per heavy atom. The summed E-state index contributed by atoms with van der Waals surface area (Å²) in [5.74, 6) is -1.64. The predicted molar refractivity (Wildman–Crippen MR) is 81.0 cm³/mol. The van der Waals surface area contributed by atoms with Gasteiger partial charge >= 0.3 is 0 Å². The van der Waals surface area contributed by atoms with E-state index in [9.17, 15) is 17.6 Å². The molecule has 0 saturated carbocycles. The summed E-state index contributed by atoms with van der Waals surface area (Å²) in [5.41, 5.74) is 10.7. The monoisotopic (exact) mass is 342 g/mol. The summed E-state index contributed by atoms with van der Waals surface area (Å²) < 4.78 is 38.7. The van der Waals surface area contributed by atoms with Crippen LogP contribution >= 0.6 is 11.6 Å². The molecule has 2 aromatic rings. The average molecular weight is 343 g/mol. The Balaban J connectivity index is 2.75. The number of hydrogen-bond donors (Lipinski definition) is 2. The van der Waals surface area contributed by atoms with Crippen LogP contribution in [-0.4, -0.2) is 14.3 Å². The molecule has 0 aromatic heterocycles. The van der Waals surface area contributed by atoms with Gasteiger partial charge in [-0.25, -0.2) is 12.8 Å². The van der Waals surface area contributed by atoms with Gasteiger partial charge in [0.2, 0.25) is 9.84 Å². The maximum absolute atomic E-state index is 13.5. The molecule has 0 aliphatic heterocycles. The topological polar surface area (TPSA) is 103 Å². The molecule has 0 atom stereocenters. The molecule has 1 amide bonds. The first-order valence-corrected chi connectivity index (χ1v) is 7.90. The number of halogens is 2. The van der Waals surface area contributed by atoms with Gasteiger partial charge in [-0.3, -0.25) is 4.79 Å². The van der Waals surface area contributed by atoms with Crippen molar-refractivity contribution in [3.8, 4) is 0 Å². The van der Waals surface area contributed by atoms with Gasteiger partial charge in [-0.1, -0.05) is 11.6 Å². The minimum absolute atomic E-state index is 0.0561. The summed E-state index contributed by atoms with van der Waals surface area (Å²) in [6, 6.07) is 5.73. The van der Waals surface area contributed by atoms with Crippen LogP contribution in [0.15, 0.2) is 40.1 Å². The first-order valence-electron chi connectivity index (χ1n) is 6.04. The molecule has 0 aliphatic carbocycles. The summed E-state index contributed by atoms with van der Waals surface area (Å²) >= 11 is 5.81. The van der Waals surface area contributed by atoms with Crippen LogP contribution < -0.4 is 11.5 Å². The van der Waals surface area contributed by atoms with Crippen molar-refractivity contribution in [2.45, 2.75) is 16.7 Å². The molecule has 0 fully saturated rings. The molecule has 4 N–H and O–H groups in total. The van der Waals surface area contributed by atoms with Crippen LogP contribution in [0.4, 0.5) is 10.1 Å². The van der Waals surface area contributed by atoms with E-state index in [1.807, 2.05) is 0 Å². The van der Waals surface area contributed by atoms with Gasteiger partial charge in [-0.05, 0) is 42.8 Å². The van der Waals surface area contributed by atoms with Crippen LogP contribution in [0.3, 0.4) is 0 Å². The van der Waals surface area contributed by atoms with Crippen LogP contribution in [0.2, 0.25) is 5.02 Å². The highest BCUT2D eigenvalue weighted by atomic mass is 35.5. The summed E-state index contributed by atoms with van der Waals surface area (Å²) in [6.45, 7) is 1.56. The number of primary amides is 1. The van der Waals surface area contributed by atoms with Gasteiger partial charge < -0.3 is 11.5 Å². The van der Waals surface area contributed by atoms with Crippen LogP contribution in [0.5, 0.6) is 0 Å². The number of hydrogen-bond acceptors (Lipinski definition) is 4. The lowest BCUT2D eigenvalue weighted by Crippen LogP contribution is -2.17. The number of anilines is 1. The fourth-order valence-corrected chi connectivity index (χ4v) is 3.80. The van der Waals surface area contributed by atoms with E-state index in [1.165, 1.54) is 18.2 Å². The molecule has 8 heteroatoms. The van der Waals surface area contributed by atoms with E-state index in [0.29, 0.717) is 5.56 Å². The van der Waals surface area contributed by atoms with E-state index in [1.54, 1.807) is 6.92 Å². The molecule has 5 nitrogen and oxygen atoms in total. The van der Waals surface area contributed by atoms with Gasteiger partial charge in [0.1, 0.15) is 5.82 Å². The second-order valence-corrected chi connectivity index (χ2v) is 6.99. The number of carbonyl (C=O) groups is 1. The van der Waals surface area contributed by atoms with Crippen molar-refractivity contribution in [2.24, 2.45) is 5.73 Å². The third-order valence-corrected chi connectivity index (χ3v) is 5.12. The quantitative estimate of drug-likeness (QED) is 0.835. The zero-order chi connectivity index (χ0) is 16.7. The number of nitrogens with two attached hydrogens (primary N) is 2. The Labute approximate surface area is 131 Å². The summed E-state index contributed by atoms with van der Waals surface area (Å²) in [6.07, 6.45) is 0. The van der Waals surface area contributed by atoms with Gasteiger partial charge in [0, 0.05) is 0 Å². The number of nitrogen functional groups attached to an aromatic ring is 1. The highest BCUT2D eigenvalue weighted by Crippen LogP contribution is 2.32. The molecule has 0 aliphatic rings. The summed E-state index contributed by atoms with van der Waals surface area (Å²) in [4.78, 5) is 10.7. The second kappa shape index (κ2) is 5.58. The van der Waals surface area contributed by atoms with Gasteiger partial charge in [-0.2, -0.15) is 0 Å². The van der Waals surface area contributed by atoms with Crippen LogP contribution in [0.25, 0.3) is 0 Å². The lowest BCUT2D eigenvalue weighted by Gasteiger charge is -2.12. The highest BCUT2D eigenvalue weighted by molar-refractivity contribution is 7.91. The Bertz CT molecular complexity index is 862. The largest absolute Gasteiger partial charge is 0.397 e. The molecule has 0 radical (unpaired) electrons. The lowest BCUT2D eigenvalue weighted by atomic mass is 10.1. The van der Waals surface area contributed by atoms with Crippen molar-refractivity contribution >= 4 is 33.0 Å². The maximum Gasteiger partial charge on any atom is 0.252 e. The number of benzene rings is 2. The SMILES string of the molecule is Cc1cc(F)cc(S(=O)(=O)c2ccc(Cl)c(C(N)=O)c2N)c1. The molecular weight excluding hydrogens is 331 g/mol. The standard InChI is InChI=1S/C14H12ClFN2O3S/c1-7-4-8(16)6-9(5-7)22(20,21)11-3-2-10(15)12(13(11)17)14(18)19/h2-6H,17H2,1H3,(H2,18,19). The van der Waals surface area contributed by atoms with Crippen LogP contribution in [0.1, 0.15) is 15.9 Å². The number of aryl methyl sites for hydroxylation is 1. The Morgan fingerprint density at radius 3 is 2.41 bits per heavy atom. The van der Waals surface area contributed by atoms with Crippen molar-refractivity contribution in [1.29, 1.82) is 0 Å². The van der Waals surface area contributed by atoms with Crippen molar-refractivity contribution in [3.63, 3.8) is 0 Å². The number of rotatable bonds is 3. The zero-order valence-corrected chi connectivity index (χ0v) is 13.0. The molecule has 0 spiro atoms. The second-order valence-electron chi connectivity index (χ2n) is 4.67. The van der Waals surface area contributed by atoms with Crippen molar-refractivity contribution in [3.05, 3.63) is 52.3 Å². The van der Waals surface area contributed by atoms with E-state index in [0.717, 1.165) is 12.1 Å². The fourth-order valence-electron chi connectivity index (χ4n) is 2.04. The molecule has 116 valence electrons. The predicted octanol–water partition coefficient (Wildman–Crippen LogP) is 2.30. The first-order chi connectivity index (χ1) is 10.1. The number of carbonyl (C=O) groups excluding carboxylic acids is 1. The van der Waals surface area contributed by atoms with Crippen LogP contribution in [-0.2, 0) is 9.84 Å². The van der Waals surface area contributed by atoms with Gasteiger partial charge in [0.15, 0.2) is 0 Å². The minimum atomic E-state index is -4.12. The lowest BCUT2D eigenvalue weighted by molar-refractivity contribution is 0.100. The van der Waals surface area contributed by atoms with Gasteiger partial charge in [-0.15, -0.1) is 0 Å². The molecule has 0 bridgehead atoms. The fraction of sp³-hybridized carbons (Fsp3) is 0.0714. The Hall–Kier alpha value is -2.12. The molecule has 22 heavy (non-hydrogen) atoms. The Kier molecular flexibility index (Phi) is 4.12. The smallest absolute Gasteiger partial charge is 0.252 e. The highest BCUT2D eigenvalue weighted by Gasteiger charge is 2.25. The van der Waals surface area contributed by atoms with Crippen molar-refractivity contribution in [2.75, 3.05) is 5.73 Å². The molecule has 0 saturated heterocycles. The maximum atomic E-state index is 13.5. The summed E-state index contributed by atoms with van der Waals surface area (Å²) in [7, 11) is -4.12. The first kappa shape index (κ1) is 16.3. The molecule has 2 aromatic carbocycles. The average Bonchev–Trinajstić information content (AvgIpc) is 2.36.